The summed E-state index contributed by atoms with van der Waals surface area (Å²) in [7, 11) is -2.40. The Balaban J connectivity index is 1.48. The predicted molar refractivity (Wildman–Crippen MR) is 127 cm³/mol. The minimum Gasteiger partial charge on any atom is -0.508 e. The molecule has 0 bridgehead atoms. The number of nitrogens with one attached hydrogen (secondary N) is 2. The van der Waals surface area contributed by atoms with E-state index < -0.39 is 15.9 Å². The fourth-order valence-electron chi connectivity index (χ4n) is 3.07. The van der Waals surface area contributed by atoms with Crippen LogP contribution in [0.3, 0.4) is 0 Å². The molecule has 1 heterocycles. The van der Waals surface area contributed by atoms with Crippen molar-refractivity contribution in [3.8, 4) is 22.9 Å². The molecule has 0 saturated heterocycles. The SMILES string of the molecule is COc1ccc(NS(=O)(=O)c2cccc(C(=O)Nc3cnc(-c4cccc(O)c4)nc3)c2)cc1. The van der Waals surface area contributed by atoms with E-state index in [4.69, 9.17) is 4.74 Å². The number of hydrogen-bond donors (Lipinski definition) is 3. The molecule has 0 fully saturated rings. The monoisotopic (exact) mass is 476 g/mol. The highest BCUT2D eigenvalue weighted by Crippen LogP contribution is 2.22. The minimum atomic E-state index is -3.92. The molecule has 34 heavy (non-hydrogen) atoms. The maximum absolute atomic E-state index is 12.8. The van der Waals surface area contributed by atoms with Gasteiger partial charge < -0.3 is 15.2 Å². The number of amides is 1. The van der Waals surface area contributed by atoms with Gasteiger partial charge >= 0.3 is 0 Å². The summed E-state index contributed by atoms with van der Waals surface area (Å²) in [5.74, 6) is 0.553. The highest BCUT2D eigenvalue weighted by molar-refractivity contribution is 7.92. The lowest BCUT2D eigenvalue weighted by Gasteiger charge is -2.10. The highest BCUT2D eigenvalue weighted by atomic mass is 32.2. The number of nitrogens with zero attached hydrogens (tertiary/aromatic N) is 2. The topological polar surface area (TPSA) is 131 Å². The summed E-state index contributed by atoms with van der Waals surface area (Å²) < 4.78 is 33.1. The van der Waals surface area contributed by atoms with Crippen molar-refractivity contribution < 1.29 is 23.1 Å². The van der Waals surface area contributed by atoms with Gasteiger partial charge in [0.1, 0.15) is 11.5 Å². The average molecular weight is 477 g/mol. The molecule has 0 saturated carbocycles. The number of sulfonamides is 1. The van der Waals surface area contributed by atoms with Crippen molar-refractivity contribution in [3.05, 3.63) is 90.8 Å². The Morgan fingerprint density at radius 3 is 2.29 bits per heavy atom. The maximum Gasteiger partial charge on any atom is 0.261 e. The Morgan fingerprint density at radius 2 is 1.62 bits per heavy atom. The third kappa shape index (κ3) is 5.30. The molecule has 10 heteroatoms. The zero-order valence-electron chi connectivity index (χ0n) is 18.0. The minimum absolute atomic E-state index is 0.0635. The van der Waals surface area contributed by atoms with Crippen LogP contribution in [-0.4, -0.2) is 36.5 Å². The van der Waals surface area contributed by atoms with E-state index in [1.165, 1.54) is 49.8 Å². The average Bonchev–Trinajstić information content (AvgIpc) is 2.85. The zero-order valence-corrected chi connectivity index (χ0v) is 18.8. The van der Waals surface area contributed by atoms with Crippen LogP contribution in [0.4, 0.5) is 11.4 Å². The lowest BCUT2D eigenvalue weighted by molar-refractivity contribution is 0.102. The Hall–Kier alpha value is -4.44. The van der Waals surface area contributed by atoms with Crippen LogP contribution in [0.2, 0.25) is 0 Å². The molecule has 1 aromatic heterocycles. The largest absolute Gasteiger partial charge is 0.508 e. The maximum atomic E-state index is 12.8. The molecule has 0 unspecified atom stereocenters. The first-order valence-electron chi connectivity index (χ1n) is 10.0. The van der Waals surface area contributed by atoms with Crippen molar-refractivity contribution in [1.82, 2.24) is 9.97 Å². The second-order valence-corrected chi connectivity index (χ2v) is 8.84. The van der Waals surface area contributed by atoms with Crippen LogP contribution in [0.5, 0.6) is 11.5 Å². The summed E-state index contributed by atoms with van der Waals surface area (Å²) in [5.41, 5.74) is 1.47. The summed E-state index contributed by atoms with van der Waals surface area (Å²) in [6.07, 6.45) is 2.85. The van der Waals surface area contributed by atoms with Gasteiger partial charge in [-0.25, -0.2) is 18.4 Å². The number of phenols is 1. The molecule has 4 aromatic rings. The Bertz CT molecular complexity index is 1420. The molecule has 1 amide bonds. The molecule has 4 rings (SSSR count). The molecule has 0 aliphatic rings. The van der Waals surface area contributed by atoms with Crippen LogP contribution >= 0.6 is 0 Å². The van der Waals surface area contributed by atoms with Crippen LogP contribution in [0, 0.1) is 0 Å². The van der Waals surface area contributed by atoms with E-state index in [0.717, 1.165) is 0 Å². The zero-order chi connectivity index (χ0) is 24.1. The molecule has 0 aliphatic carbocycles. The normalized spacial score (nSPS) is 11.0. The van der Waals surface area contributed by atoms with Crippen LogP contribution in [0.25, 0.3) is 11.4 Å². The fourth-order valence-corrected chi connectivity index (χ4v) is 4.17. The van der Waals surface area contributed by atoms with Gasteiger partial charge in [-0.1, -0.05) is 18.2 Å². The van der Waals surface area contributed by atoms with Crippen LogP contribution in [-0.2, 0) is 10.0 Å². The lowest BCUT2D eigenvalue weighted by atomic mass is 10.2. The standard InChI is InChI=1S/C24H20N4O5S/c1-33-21-10-8-18(9-11-21)28-34(31,32)22-7-3-5-17(13-22)24(30)27-19-14-25-23(26-15-19)16-4-2-6-20(29)12-16/h2-15,28-29H,1H3,(H,27,30). The van der Waals surface area contributed by atoms with E-state index in [-0.39, 0.29) is 16.2 Å². The number of ether oxygens (including phenoxy) is 1. The first-order valence-corrected chi connectivity index (χ1v) is 11.5. The van der Waals surface area contributed by atoms with Crippen LogP contribution < -0.4 is 14.8 Å². The van der Waals surface area contributed by atoms with Crippen molar-refractivity contribution in [1.29, 1.82) is 0 Å². The van der Waals surface area contributed by atoms with E-state index in [1.807, 2.05) is 0 Å². The number of anilines is 2. The smallest absolute Gasteiger partial charge is 0.261 e. The first kappa shape index (κ1) is 22.7. The molecular formula is C24H20N4O5S. The number of hydrogen-bond acceptors (Lipinski definition) is 7. The van der Waals surface area contributed by atoms with E-state index >= 15 is 0 Å². The predicted octanol–water partition coefficient (Wildman–Crippen LogP) is 3.91. The van der Waals surface area contributed by atoms with Crippen molar-refractivity contribution in [2.45, 2.75) is 4.90 Å². The number of phenolic OH excluding ortho intramolecular Hbond substituents is 1. The molecule has 3 N–H and O–H groups in total. The van der Waals surface area contributed by atoms with Gasteiger partial charge in [0.05, 0.1) is 30.1 Å². The number of carbonyl (C=O) groups is 1. The van der Waals surface area contributed by atoms with Crippen LogP contribution in [0.1, 0.15) is 10.4 Å². The van der Waals surface area contributed by atoms with Crippen molar-refractivity contribution in [2.24, 2.45) is 0 Å². The van der Waals surface area contributed by atoms with Crippen molar-refractivity contribution in [3.63, 3.8) is 0 Å². The van der Waals surface area contributed by atoms with E-state index in [2.05, 4.69) is 20.0 Å². The number of aromatic nitrogens is 2. The second kappa shape index (κ2) is 9.59. The molecule has 0 aliphatic heterocycles. The van der Waals surface area contributed by atoms with Gasteiger partial charge in [0.25, 0.3) is 15.9 Å². The summed E-state index contributed by atoms with van der Waals surface area (Å²) in [5, 5.41) is 12.2. The Morgan fingerprint density at radius 1 is 0.912 bits per heavy atom. The molecule has 172 valence electrons. The summed E-state index contributed by atoms with van der Waals surface area (Å²) in [4.78, 5) is 21.0. The number of aromatic hydroxyl groups is 1. The number of rotatable bonds is 7. The second-order valence-electron chi connectivity index (χ2n) is 7.16. The van der Waals surface area contributed by atoms with Gasteiger partial charge in [0.15, 0.2) is 5.82 Å². The van der Waals surface area contributed by atoms with Gasteiger partial charge in [-0.2, -0.15) is 0 Å². The van der Waals surface area contributed by atoms with Gasteiger partial charge in [-0.3, -0.25) is 9.52 Å². The fraction of sp³-hybridized carbons (Fsp3) is 0.0417. The number of methoxy groups -OCH3 is 1. The quantitative estimate of drug-likeness (QED) is 0.369. The summed E-state index contributed by atoms with van der Waals surface area (Å²) in [6, 6.07) is 18.6. The van der Waals surface area contributed by atoms with Gasteiger partial charge in [-0.15, -0.1) is 0 Å². The molecule has 0 spiro atoms. The van der Waals surface area contributed by atoms with Gasteiger partial charge in [-0.05, 0) is 54.6 Å². The Labute approximate surface area is 196 Å². The lowest BCUT2D eigenvalue weighted by Crippen LogP contribution is -2.16. The molecule has 0 atom stereocenters. The number of carbonyl (C=O) groups excluding carboxylic acids is 1. The van der Waals surface area contributed by atoms with E-state index in [9.17, 15) is 18.3 Å². The van der Waals surface area contributed by atoms with E-state index in [0.29, 0.717) is 28.5 Å². The molecular weight excluding hydrogens is 456 g/mol. The third-order valence-corrected chi connectivity index (χ3v) is 6.14. The van der Waals surface area contributed by atoms with Gasteiger partial charge in [0.2, 0.25) is 0 Å². The van der Waals surface area contributed by atoms with E-state index in [1.54, 1.807) is 42.5 Å². The summed E-state index contributed by atoms with van der Waals surface area (Å²) in [6.45, 7) is 0. The highest BCUT2D eigenvalue weighted by Gasteiger charge is 2.17. The Kier molecular flexibility index (Phi) is 6.42. The van der Waals surface area contributed by atoms with Gasteiger partial charge in [0, 0.05) is 16.8 Å². The first-order chi connectivity index (χ1) is 16.3. The van der Waals surface area contributed by atoms with Crippen molar-refractivity contribution >= 4 is 27.3 Å². The molecule has 3 aromatic carbocycles. The summed E-state index contributed by atoms with van der Waals surface area (Å²) >= 11 is 0. The molecule has 0 radical (unpaired) electrons. The third-order valence-electron chi connectivity index (χ3n) is 4.76. The van der Waals surface area contributed by atoms with Crippen LogP contribution in [0.15, 0.2) is 90.1 Å². The van der Waals surface area contributed by atoms with Crippen molar-refractivity contribution in [2.75, 3.05) is 17.1 Å². The molecule has 9 nitrogen and oxygen atoms in total. The number of benzene rings is 3.